The van der Waals surface area contributed by atoms with E-state index < -0.39 is 11.8 Å². The zero-order valence-electron chi connectivity index (χ0n) is 11.5. The molecule has 1 N–H and O–H groups in total. The first-order valence-corrected chi connectivity index (χ1v) is 6.54. The number of benzene rings is 1. The first kappa shape index (κ1) is 14.2. The number of carboxylic acids is 1. The molecule has 1 aromatic carbocycles. The fraction of sp³-hybridized carbons (Fsp3) is 0.333. The molecule has 20 heavy (non-hydrogen) atoms. The van der Waals surface area contributed by atoms with Crippen LogP contribution in [0, 0.1) is 11.7 Å². The molecule has 1 aromatic heterocycles. The molecule has 0 fully saturated rings. The van der Waals surface area contributed by atoms with E-state index in [1.165, 1.54) is 18.3 Å². The summed E-state index contributed by atoms with van der Waals surface area (Å²) in [5, 5.41) is 13.5. The van der Waals surface area contributed by atoms with Crippen LogP contribution in [0.15, 0.2) is 30.5 Å². The number of halogens is 1. The van der Waals surface area contributed by atoms with Gasteiger partial charge in [0, 0.05) is 18.3 Å². The van der Waals surface area contributed by atoms with E-state index in [1.807, 2.05) is 0 Å². The lowest BCUT2D eigenvalue weighted by Crippen LogP contribution is -2.02. The van der Waals surface area contributed by atoms with Gasteiger partial charge < -0.3 is 5.11 Å². The predicted octanol–water partition coefficient (Wildman–Crippen LogP) is 3.43. The molecule has 0 radical (unpaired) electrons. The van der Waals surface area contributed by atoms with Crippen LogP contribution in [-0.4, -0.2) is 20.9 Å². The van der Waals surface area contributed by atoms with Gasteiger partial charge in [0.2, 0.25) is 0 Å². The smallest absolute Gasteiger partial charge is 0.339 e. The summed E-state index contributed by atoms with van der Waals surface area (Å²) in [6.07, 6.45) is 2.41. The van der Waals surface area contributed by atoms with Gasteiger partial charge in [0.15, 0.2) is 0 Å². The van der Waals surface area contributed by atoms with Crippen LogP contribution in [0.2, 0.25) is 0 Å². The van der Waals surface area contributed by atoms with Crippen LogP contribution in [0.4, 0.5) is 4.39 Å². The molecule has 0 saturated heterocycles. The van der Waals surface area contributed by atoms with Crippen molar-refractivity contribution in [2.24, 2.45) is 5.92 Å². The largest absolute Gasteiger partial charge is 0.478 e. The minimum Gasteiger partial charge on any atom is -0.478 e. The fourth-order valence-electron chi connectivity index (χ4n) is 1.93. The molecule has 0 spiro atoms. The molecule has 2 aromatic rings. The highest BCUT2D eigenvalue weighted by atomic mass is 19.1. The third-order valence-electron chi connectivity index (χ3n) is 3.03. The van der Waals surface area contributed by atoms with E-state index in [1.54, 1.807) is 16.8 Å². The lowest BCUT2D eigenvalue weighted by molar-refractivity contribution is 0.0697. The average Bonchev–Trinajstić information content (AvgIpc) is 2.80. The summed E-state index contributed by atoms with van der Waals surface area (Å²) in [6.45, 7) is 4.83. The maximum absolute atomic E-state index is 13.3. The van der Waals surface area contributed by atoms with Crippen molar-refractivity contribution in [3.05, 3.63) is 41.8 Å². The maximum atomic E-state index is 13.3. The van der Waals surface area contributed by atoms with Gasteiger partial charge in [-0.15, -0.1) is 0 Å². The highest BCUT2D eigenvalue weighted by Crippen LogP contribution is 2.23. The average molecular weight is 276 g/mol. The first-order chi connectivity index (χ1) is 9.47. The molecule has 5 heteroatoms. The van der Waals surface area contributed by atoms with Gasteiger partial charge in [0.1, 0.15) is 17.1 Å². The van der Waals surface area contributed by atoms with Crippen molar-refractivity contribution in [3.63, 3.8) is 0 Å². The van der Waals surface area contributed by atoms with Gasteiger partial charge >= 0.3 is 5.97 Å². The third-order valence-corrected chi connectivity index (χ3v) is 3.03. The standard InChI is InChI=1S/C15H17FN2O2/c1-10(2)6-7-18-9-13(15(19)20)14(17-18)11-4-3-5-12(16)8-11/h3-5,8-10H,6-7H2,1-2H3,(H,19,20). The van der Waals surface area contributed by atoms with Crippen LogP contribution in [-0.2, 0) is 6.54 Å². The van der Waals surface area contributed by atoms with Crippen LogP contribution >= 0.6 is 0 Å². The predicted molar refractivity (Wildman–Crippen MR) is 74.0 cm³/mol. The topological polar surface area (TPSA) is 55.1 Å². The van der Waals surface area contributed by atoms with E-state index in [9.17, 15) is 14.3 Å². The monoisotopic (exact) mass is 276 g/mol. The summed E-state index contributed by atoms with van der Waals surface area (Å²) in [7, 11) is 0. The minimum atomic E-state index is -1.06. The molecule has 0 bridgehead atoms. The molecule has 0 saturated carbocycles. The molecule has 0 aliphatic rings. The summed E-state index contributed by atoms with van der Waals surface area (Å²) in [6, 6.07) is 5.81. The number of carboxylic acid groups (broad SMARTS) is 1. The second kappa shape index (κ2) is 5.86. The van der Waals surface area contributed by atoms with Crippen molar-refractivity contribution >= 4 is 5.97 Å². The summed E-state index contributed by atoms with van der Waals surface area (Å²) >= 11 is 0. The molecule has 0 aliphatic heterocycles. The van der Waals surface area contributed by atoms with Gasteiger partial charge in [-0.05, 0) is 24.5 Å². The van der Waals surface area contributed by atoms with Crippen molar-refractivity contribution in [1.82, 2.24) is 9.78 Å². The van der Waals surface area contributed by atoms with Crippen molar-refractivity contribution in [1.29, 1.82) is 0 Å². The van der Waals surface area contributed by atoms with Crippen LogP contribution < -0.4 is 0 Å². The number of hydrogen-bond acceptors (Lipinski definition) is 2. The van der Waals surface area contributed by atoms with Gasteiger partial charge in [-0.25, -0.2) is 9.18 Å². The van der Waals surface area contributed by atoms with E-state index in [2.05, 4.69) is 18.9 Å². The maximum Gasteiger partial charge on any atom is 0.339 e. The lowest BCUT2D eigenvalue weighted by atomic mass is 10.1. The highest BCUT2D eigenvalue weighted by Gasteiger charge is 2.17. The van der Waals surface area contributed by atoms with Gasteiger partial charge in [0.25, 0.3) is 0 Å². The van der Waals surface area contributed by atoms with Crippen molar-refractivity contribution in [2.75, 3.05) is 0 Å². The molecule has 0 amide bonds. The molecule has 0 atom stereocenters. The van der Waals surface area contributed by atoms with E-state index in [4.69, 9.17) is 0 Å². The summed E-state index contributed by atoms with van der Waals surface area (Å²) in [5.74, 6) is -0.958. The van der Waals surface area contributed by atoms with Gasteiger partial charge in [-0.3, -0.25) is 4.68 Å². The van der Waals surface area contributed by atoms with E-state index >= 15 is 0 Å². The van der Waals surface area contributed by atoms with Crippen molar-refractivity contribution in [3.8, 4) is 11.3 Å². The zero-order valence-corrected chi connectivity index (χ0v) is 11.5. The molecular weight excluding hydrogens is 259 g/mol. The number of aryl methyl sites for hydroxylation is 1. The highest BCUT2D eigenvalue weighted by molar-refractivity contribution is 5.94. The van der Waals surface area contributed by atoms with Crippen LogP contribution in [0.5, 0.6) is 0 Å². The molecule has 1 heterocycles. The number of nitrogens with zero attached hydrogens (tertiary/aromatic N) is 2. The molecule has 0 aliphatic carbocycles. The fourth-order valence-corrected chi connectivity index (χ4v) is 1.93. The van der Waals surface area contributed by atoms with Gasteiger partial charge in [-0.1, -0.05) is 26.0 Å². The zero-order chi connectivity index (χ0) is 14.7. The van der Waals surface area contributed by atoms with E-state index in [-0.39, 0.29) is 5.56 Å². The number of aromatic nitrogens is 2. The number of carbonyl (C=O) groups is 1. The Hall–Kier alpha value is -2.17. The number of hydrogen-bond donors (Lipinski definition) is 1. The van der Waals surface area contributed by atoms with E-state index in [0.29, 0.717) is 23.7 Å². The quantitative estimate of drug-likeness (QED) is 0.910. The van der Waals surface area contributed by atoms with Crippen LogP contribution in [0.1, 0.15) is 30.6 Å². The Labute approximate surface area is 116 Å². The Morgan fingerprint density at radius 3 is 2.80 bits per heavy atom. The first-order valence-electron chi connectivity index (χ1n) is 6.54. The third kappa shape index (κ3) is 3.23. The summed E-state index contributed by atoms with van der Waals surface area (Å²) in [4.78, 5) is 11.3. The van der Waals surface area contributed by atoms with Crippen LogP contribution in [0.3, 0.4) is 0 Å². The Kier molecular flexibility index (Phi) is 4.17. The second-order valence-electron chi connectivity index (χ2n) is 5.15. The SMILES string of the molecule is CC(C)CCn1cc(C(=O)O)c(-c2cccc(F)c2)n1. The molecule has 106 valence electrons. The Bertz CT molecular complexity index is 620. The molecular formula is C15H17FN2O2. The second-order valence-corrected chi connectivity index (χ2v) is 5.15. The summed E-state index contributed by atoms with van der Waals surface area (Å²) in [5.41, 5.74) is 0.880. The van der Waals surface area contributed by atoms with Gasteiger partial charge in [-0.2, -0.15) is 5.10 Å². The number of aromatic carboxylic acids is 1. The normalized spacial score (nSPS) is 11.0. The van der Waals surface area contributed by atoms with Gasteiger partial charge in [0.05, 0.1) is 0 Å². The van der Waals surface area contributed by atoms with E-state index in [0.717, 1.165) is 6.42 Å². The van der Waals surface area contributed by atoms with Crippen molar-refractivity contribution < 1.29 is 14.3 Å². The lowest BCUT2D eigenvalue weighted by Gasteiger charge is -2.04. The number of rotatable bonds is 5. The summed E-state index contributed by atoms with van der Waals surface area (Å²) < 4.78 is 14.9. The Morgan fingerprint density at radius 1 is 1.45 bits per heavy atom. The molecule has 4 nitrogen and oxygen atoms in total. The Balaban J connectivity index is 2.38. The minimum absolute atomic E-state index is 0.0966. The molecule has 0 unspecified atom stereocenters. The van der Waals surface area contributed by atoms with Crippen molar-refractivity contribution in [2.45, 2.75) is 26.8 Å². The van der Waals surface area contributed by atoms with Crippen LogP contribution in [0.25, 0.3) is 11.3 Å². The Morgan fingerprint density at radius 2 is 2.20 bits per heavy atom. The molecule has 2 rings (SSSR count).